The van der Waals surface area contributed by atoms with E-state index in [0.717, 1.165) is 11.4 Å². The average Bonchev–Trinajstić information content (AvgIpc) is 3.04. The van der Waals surface area contributed by atoms with Crippen molar-refractivity contribution >= 4 is 35.3 Å². The Balaban J connectivity index is 1.73. The van der Waals surface area contributed by atoms with Gasteiger partial charge in [-0.1, -0.05) is 29.3 Å². The zero-order chi connectivity index (χ0) is 16.9. The Morgan fingerprint density at radius 1 is 1.00 bits per heavy atom. The normalized spacial score (nSPS) is 10.9. The van der Waals surface area contributed by atoms with E-state index in [-0.39, 0.29) is 5.91 Å². The Morgan fingerprint density at radius 2 is 1.79 bits per heavy atom. The van der Waals surface area contributed by atoms with Crippen LogP contribution in [0.25, 0.3) is 5.69 Å². The lowest BCUT2D eigenvalue weighted by Gasteiger charge is -2.06. The molecule has 1 N–H and O–H groups in total. The van der Waals surface area contributed by atoms with Crippen LogP contribution >= 0.6 is 23.2 Å². The molecule has 3 rings (SSSR count). The quantitative estimate of drug-likeness (QED) is 0.540. The van der Waals surface area contributed by atoms with Crippen molar-refractivity contribution in [2.75, 3.05) is 0 Å². The second kappa shape index (κ2) is 7.34. The number of hydrogen-bond acceptors (Lipinski definition) is 2. The SMILES string of the molecule is O=C(N/N=C\c1cccn1-c1ccc(Cl)cc1)c1cccc(Cl)c1. The van der Waals surface area contributed by atoms with E-state index in [1.807, 2.05) is 47.2 Å². The molecule has 1 amide bonds. The molecule has 120 valence electrons. The minimum Gasteiger partial charge on any atom is -0.316 e. The van der Waals surface area contributed by atoms with Crippen LogP contribution in [0, 0.1) is 0 Å². The maximum absolute atomic E-state index is 12.0. The van der Waals surface area contributed by atoms with Gasteiger partial charge in [0.05, 0.1) is 11.9 Å². The summed E-state index contributed by atoms with van der Waals surface area (Å²) in [5, 5.41) is 5.19. The first-order chi connectivity index (χ1) is 11.6. The van der Waals surface area contributed by atoms with Gasteiger partial charge in [-0.2, -0.15) is 5.10 Å². The number of halogens is 2. The van der Waals surface area contributed by atoms with Crippen molar-refractivity contribution < 1.29 is 4.79 Å². The van der Waals surface area contributed by atoms with Gasteiger partial charge >= 0.3 is 0 Å². The summed E-state index contributed by atoms with van der Waals surface area (Å²) in [6.45, 7) is 0. The Kier molecular flexibility index (Phi) is 4.99. The molecule has 0 aliphatic carbocycles. The summed E-state index contributed by atoms with van der Waals surface area (Å²) in [5.41, 5.74) is 4.72. The van der Waals surface area contributed by atoms with Crippen LogP contribution in [0.1, 0.15) is 16.1 Å². The van der Waals surface area contributed by atoms with Crippen LogP contribution in [0.2, 0.25) is 10.0 Å². The molecule has 0 unspecified atom stereocenters. The van der Waals surface area contributed by atoms with Gasteiger partial charge in [-0.15, -0.1) is 0 Å². The second-order valence-electron chi connectivity index (χ2n) is 4.99. The summed E-state index contributed by atoms with van der Waals surface area (Å²) in [4.78, 5) is 12.0. The molecule has 0 aliphatic heterocycles. The van der Waals surface area contributed by atoms with Crippen LogP contribution < -0.4 is 5.43 Å². The maximum Gasteiger partial charge on any atom is 0.271 e. The summed E-state index contributed by atoms with van der Waals surface area (Å²) >= 11 is 11.8. The minimum absolute atomic E-state index is 0.321. The molecule has 0 aliphatic rings. The third kappa shape index (κ3) is 3.85. The number of carbonyl (C=O) groups is 1. The highest BCUT2D eigenvalue weighted by Crippen LogP contribution is 2.15. The zero-order valence-electron chi connectivity index (χ0n) is 12.5. The molecule has 0 bridgehead atoms. The topological polar surface area (TPSA) is 46.4 Å². The number of hydrazone groups is 1. The van der Waals surface area contributed by atoms with Gasteiger partial charge in [-0.25, -0.2) is 5.43 Å². The molecular formula is C18H13Cl2N3O. The van der Waals surface area contributed by atoms with Crippen molar-refractivity contribution in [3.8, 4) is 5.69 Å². The molecule has 0 fully saturated rings. The molecule has 3 aromatic rings. The fourth-order valence-corrected chi connectivity index (χ4v) is 2.50. The Morgan fingerprint density at radius 3 is 2.54 bits per heavy atom. The largest absolute Gasteiger partial charge is 0.316 e. The van der Waals surface area contributed by atoms with Crippen molar-refractivity contribution in [2.45, 2.75) is 0 Å². The van der Waals surface area contributed by atoms with Gasteiger partial charge in [-0.3, -0.25) is 4.79 Å². The summed E-state index contributed by atoms with van der Waals surface area (Å²) in [7, 11) is 0. The van der Waals surface area contributed by atoms with E-state index in [9.17, 15) is 4.79 Å². The van der Waals surface area contributed by atoms with Gasteiger partial charge in [0.1, 0.15) is 0 Å². The standard InChI is InChI=1S/C18H13Cl2N3O/c19-14-6-8-16(9-7-14)23-10-2-5-17(23)12-21-22-18(24)13-3-1-4-15(20)11-13/h1-12H,(H,22,24)/b21-12-. The van der Waals surface area contributed by atoms with E-state index < -0.39 is 0 Å². The Bertz CT molecular complexity index is 885. The van der Waals surface area contributed by atoms with Crippen LogP contribution in [0.4, 0.5) is 0 Å². The minimum atomic E-state index is -0.321. The fraction of sp³-hybridized carbons (Fsp3) is 0. The lowest BCUT2D eigenvalue weighted by Crippen LogP contribution is -2.17. The molecule has 2 aromatic carbocycles. The smallest absolute Gasteiger partial charge is 0.271 e. The Hall–Kier alpha value is -2.56. The van der Waals surface area contributed by atoms with Gasteiger partial charge in [0.25, 0.3) is 5.91 Å². The molecule has 0 spiro atoms. The molecule has 6 heteroatoms. The van der Waals surface area contributed by atoms with E-state index in [1.165, 1.54) is 0 Å². The van der Waals surface area contributed by atoms with Crippen molar-refractivity contribution in [2.24, 2.45) is 5.10 Å². The van der Waals surface area contributed by atoms with E-state index in [2.05, 4.69) is 10.5 Å². The van der Waals surface area contributed by atoms with Crippen molar-refractivity contribution in [1.29, 1.82) is 0 Å². The van der Waals surface area contributed by atoms with Crippen LogP contribution in [-0.4, -0.2) is 16.7 Å². The van der Waals surface area contributed by atoms with Gasteiger partial charge in [0.2, 0.25) is 0 Å². The lowest BCUT2D eigenvalue weighted by atomic mass is 10.2. The van der Waals surface area contributed by atoms with Gasteiger partial charge in [0, 0.05) is 27.5 Å². The van der Waals surface area contributed by atoms with E-state index >= 15 is 0 Å². The number of hydrogen-bond donors (Lipinski definition) is 1. The van der Waals surface area contributed by atoms with E-state index in [1.54, 1.807) is 30.5 Å². The van der Waals surface area contributed by atoms with Crippen LogP contribution in [0.5, 0.6) is 0 Å². The second-order valence-corrected chi connectivity index (χ2v) is 5.86. The fourth-order valence-electron chi connectivity index (χ4n) is 2.19. The summed E-state index contributed by atoms with van der Waals surface area (Å²) in [6, 6.07) is 17.9. The number of carbonyl (C=O) groups excluding carboxylic acids is 1. The van der Waals surface area contributed by atoms with E-state index in [4.69, 9.17) is 23.2 Å². The molecule has 0 radical (unpaired) electrons. The summed E-state index contributed by atoms with van der Waals surface area (Å²) < 4.78 is 1.94. The highest BCUT2D eigenvalue weighted by Gasteiger charge is 2.05. The van der Waals surface area contributed by atoms with Crippen molar-refractivity contribution in [1.82, 2.24) is 9.99 Å². The number of amides is 1. The average molecular weight is 358 g/mol. The highest BCUT2D eigenvalue weighted by molar-refractivity contribution is 6.31. The molecule has 4 nitrogen and oxygen atoms in total. The predicted molar refractivity (Wildman–Crippen MR) is 97.3 cm³/mol. The molecule has 0 saturated heterocycles. The lowest BCUT2D eigenvalue weighted by molar-refractivity contribution is 0.0955. The van der Waals surface area contributed by atoms with Gasteiger partial charge in [-0.05, 0) is 54.6 Å². The summed E-state index contributed by atoms with van der Waals surface area (Å²) in [6.07, 6.45) is 3.49. The summed E-state index contributed by atoms with van der Waals surface area (Å²) in [5.74, 6) is -0.321. The number of rotatable bonds is 4. The third-order valence-corrected chi connectivity index (χ3v) is 3.82. The number of aromatic nitrogens is 1. The first-order valence-electron chi connectivity index (χ1n) is 7.16. The number of nitrogens with zero attached hydrogens (tertiary/aromatic N) is 2. The Labute approximate surface area is 149 Å². The molecule has 0 atom stereocenters. The maximum atomic E-state index is 12.0. The molecule has 24 heavy (non-hydrogen) atoms. The predicted octanol–water partition coefficient (Wildman–Crippen LogP) is 4.55. The van der Waals surface area contributed by atoms with Gasteiger partial charge < -0.3 is 4.57 Å². The van der Waals surface area contributed by atoms with Crippen LogP contribution in [0.15, 0.2) is 72.0 Å². The zero-order valence-corrected chi connectivity index (χ0v) is 14.0. The molecular weight excluding hydrogens is 345 g/mol. The van der Waals surface area contributed by atoms with E-state index in [0.29, 0.717) is 15.6 Å². The molecule has 0 saturated carbocycles. The first kappa shape index (κ1) is 16.3. The van der Waals surface area contributed by atoms with Gasteiger partial charge in [0.15, 0.2) is 0 Å². The number of benzene rings is 2. The van der Waals surface area contributed by atoms with Crippen LogP contribution in [0.3, 0.4) is 0 Å². The molecule has 1 heterocycles. The van der Waals surface area contributed by atoms with Crippen molar-refractivity contribution in [3.05, 3.63) is 88.2 Å². The van der Waals surface area contributed by atoms with Crippen molar-refractivity contribution in [3.63, 3.8) is 0 Å². The van der Waals surface area contributed by atoms with Crippen LogP contribution in [-0.2, 0) is 0 Å². The molecule has 1 aromatic heterocycles. The highest BCUT2D eigenvalue weighted by atomic mass is 35.5. The first-order valence-corrected chi connectivity index (χ1v) is 7.91. The third-order valence-electron chi connectivity index (χ3n) is 3.33. The number of nitrogens with one attached hydrogen (secondary N) is 1. The monoisotopic (exact) mass is 357 g/mol.